The van der Waals surface area contributed by atoms with Crippen LogP contribution in [0.1, 0.15) is 24.7 Å². The van der Waals surface area contributed by atoms with Crippen LogP contribution >= 0.6 is 11.8 Å². The predicted octanol–water partition coefficient (Wildman–Crippen LogP) is 3.45. The van der Waals surface area contributed by atoms with Gasteiger partial charge in [-0.25, -0.2) is 9.07 Å². The van der Waals surface area contributed by atoms with Crippen molar-refractivity contribution in [1.29, 1.82) is 5.26 Å². The molecule has 0 radical (unpaired) electrons. The monoisotopic (exact) mass is 454 g/mol. The van der Waals surface area contributed by atoms with Crippen molar-refractivity contribution in [2.24, 2.45) is 0 Å². The maximum absolute atomic E-state index is 13.1. The highest BCUT2D eigenvalue weighted by molar-refractivity contribution is 8.00. The van der Waals surface area contributed by atoms with Gasteiger partial charge in [-0.05, 0) is 50.2 Å². The van der Waals surface area contributed by atoms with Crippen molar-refractivity contribution in [2.75, 3.05) is 17.3 Å². The third-order valence-electron chi connectivity index (χ3n) is 4.61. The van der Waals surface area contributed by atoms with Gasteiger partial charge in [0, 0.05) is 12.2 Å². The van der Waals surface area contributed by atoms with E-state index >= 15 is 0 Å². The van der Waals surface area contributed by atoms with Crippen LogP contribution in [0.25, 0.3) is 0 Å². The lowest BCUT2D eigenvalue weighted by Crippen LogP contribution is -2.37. The summed E-state index contributed by atoms with van der Waals surface area (Å²) in [5, 5.41) is 16.9. The van der Waals surface area contributed by atoms with Gasteiger partial charge >= 0.3 is 0 Å². The number of aromatic nitrogens is 3. The van der Waals surface area contributed by atoms with E-state index in [0.29, 0.717) is 16.7 Å². The van der Waals surface area contributed by atoms with Crippen molar-refractivity contribution in [1.82, 2.24) is 14.9 Å². The fourth-order valence-electron chi connectivity index (χ4n) is 2.85. The van der Waals surface area contributed by atoms with Gasteiger partial charge in [-0.15, -0.1) is 10.2 Å². The van der Waals surface area contributed by atoms with E-state index in [1.807, 2.05) is 31.2 Å². The zero-order valence-electron chi connectivity index (χ0n) is 17.7. The topological polar surface area (TPSA) is 110 Å². The number of hydrogen-bond donors (Lipinski definition) is 1. The fraction of sp³-hybridized carbons (Fsp3) is 0.273. The number of nitrogens with zero attached hydrogens (tertiary/aromatic N) is 5. The molecule has 3 aromatic rings. The molecule has 0 fully saturated rings. The Morgan fingerprint density at radius 2 is 1.94 bits per heavy atom. The highest BCUT2D eigenvalue weighted by atomic mass is 32.2. The Labute approximate surface area is 189 Å². The fourth-order valence-corrected chi connectivity index (χ4v) is 3.70. The summed E-state index contributed by atoms with van der Waals surface area (Å²) in [6.45, 7) is 4.05. The number of aryl methyl sites for hydroxylation is 1. The Morgan fingerprint density at radius 1 is 1.25 bits per heavy atom. The number of ether oxygens (including phenoxy) is 1. The summed E-state index contributed by atoms with van der Waals surface area (Å²) in [5.74, 6) is 6.39. The molecule has 0 spiro atoms. The highest BCUT2D eigenvalue weighted by Crippen LogP contribution is 2.25. The molecule has 3 rings (SSSR count). The largest absolute Gasteiger partial charge is 0.486 e. The van der Waals surface area contributed by atoms with Crippen LogP contribution in [0.5, 0.6) is 5.75 Å². The van der Waals surface area contributed by atoms with Gasteiger partial charge < -0.3 is 15.5 Å². The molecule has 2 N–H and O–H groups in total. The first-order chi connectivity index (χ1) is 15.4. The number of carbonyl (C=O) groups excluding carboxylic acids is 1. The van der Waals surface area contributed by atoms with Crippen molar-refractivity contribution in [2.45, 2.75) is 37.3 Å². The van der Waals surface area contributed by atoms with Crippen LogP contribution in [0.2, 0.25) is 0 Å². The van der Waals surface area contributed by atoms with Crippen LogP contribution in [-0.4, -0.2) is 32.6 Å². The average molecular weight is 455 g/mol. The zero-order valence-corrected chi connectivity index (χ0v) is 18.6. The second-order valence-corrected chi connectivity index (χ2v) is 8.31. The van der Waals surface area contributed by atoms with Gasteiger partial charge in [-0.2, -0.15) is 5.26 Å². The standard InChI is InChI=1S/C22H23FN6O2S/c1-15-4-8-18(9-5-15)28(13-3-12-24)21(30)16(2)32-22-27-26-20(29(22)25)14-31-19-10-6-17(23)7-11-19/h4-11,16H,3,13-14,25H2,1-2H3. The molecule has 1 aromatic heterocycles. The van der Waals surface area contributed by atoms with Crippen LogP contribution in [0, 0.1) is 24.1 Å². The molecule has 0 saturated heterocycles. The van der Waals surface area contributed by atoms with Crippen molar-refractivity contribution < 1.29 is 13.9 Å². The molecule has 1 heterocycles. The van der Waals surface area contributed by atoms with Crippen LogP contribution in [0.15, 0.2) is 53.7 Å². The van der Waals surface area contributed by atoms with Crippen LogP contribution in [-0.2, 0) is 11.4 Å². The molecule has 1 amide bonds. The lowest BCUT2D eigenvalue weighted by Gasteiger charge is -2.25. The highest BCUT2D eigenvalue weighted by Gasteiger charge is 2.25. The lowest BCUT2D eigenvalue weighted by atomic mass is 10.2. The number of nitriles is 1. The molecule has 2 aromatic carbocycles. The Hall–Kier alpha value is -3.58. The summed E-state index contributed by atoms with van der Waals surface area (Å²) >= 11 is 1.17. The number of halogens is 1. The van der Waals surface area contributed by atoms with Crippen LogP contribution < -0.4 is 15.5 Å². The maximum atomic E-state index is 13.1. The molecule has 0 aliphatic carbocycles. The summed E-state index contributed by atoms with van der Waals surface area (Å²) < 4.78 is 19.8. The number of thioether (sulfide) groups is 1. The third-order valence-corrected chi connectivity index (χ3v) is 5.65. The lowest BCUT2D eigenvalue weighted by molar-refractivity contribution is -0.117. The van der Waals surface area contributed by atoms with E-state index < -0.39 is 5.25 Å². The predicted molar refractivity (Wildman–Crippen MR) is 120 cm³/mol. The van der Waals surface area contributed by atoms with Crippen molar-refractivity contribution >= 4 is 23.4 Å². The van der Waals surface area contributed by atoms with Gasteiger partial charge in [0.25, 0.3) is 0 Å². The Balaban J connectivity index is 1.67. The van der Waals surface area contributed by atoms with Gasteiger partial charge in [-0.1, -0.05) is 29.5 Å². The molecule has 166 valence electrons. The Bertz CT molecular complexity index is 1100. The quantitative estimate of drug-likeness (QED) is 0.389. The molecule has 0 aliphatic heterocycles. The SMILES string of the molecule is Cc1ccc(N(CCC#N)C(=O)C(C)Sc2nnc(COc3ccc(F)cc3)n2N)cc1. The van der Waals surface area contributed by atoms with Crippen molar-refractivity contribution in [3.8, 4) is 11.8 Å². The zero-order chi connectivity index (χ0) is 23.1. The molecular weight excluding hydrogens is 431 g/mol. The minimum atomic E-state index is -0.521. The number of amides is 1. The maximum Gasteiger partial charge on any atom is 0.240 e. The molecule has 10 heteroatoms. The minimum absolute atomic E-state index is 0.0374. The second-order valence-electron chi connectivity index (χ2n) is 7.01. The summed E-state index contributed by atoms with van der Waals surface area (Å²) in [4.78, 5) is 14.7. The number of benzene rings is 2. The van der Waals surface area contributed by atoms with Crippen molar-refractivity contribution in [3.63, 3.8) is 0 Å². The Morgan fingerprint density at radius 3 is 2.59 bits per heavy atom. The van der Waals surface area contributed by atoms with Gasteiger partial charge in [0.05, 0.1) is 17.7 Å². The average Bonchev–Trinajstić information content (AvgIpc) is 3.13. The number of rotatable bonds is 9. The minimum Gasteiger partial charge on any atom is -0.486 e. The summed E-state index contributed by atoms with van der Waals surface area (Å²) in [5.41, 5.74) is 1.81. The van der Waals surface area contributed by atoms with E-state index in [-0.39, 0.29) is 31.3 Å². The third kappa shape index (κ3) is 5.76. The molecule has 32 heavy (non-hydrogen) atoms. The van der Waals surface area contributed by atoms with Crippen molar-refractivity contribution in [3.05, 3.63) is 65.7 Å². The molecule has 1 atom stereocenters. The van der Waals surface area contributed by atoms with Gasteiger partial charge in [0.2, 0.25) is 11.1 Å². The van der Waals surface area contributed by atoms with Gasteiger partial charge in [0.15, 0.2) is 5.82 Å². The first kappa shape index (κ1) is 23.1. The van der Waals surface area contributed by atoms with E-state index in [1.54, 1.807) is 11.8 Å². The smallest absolute Gasteiger partial charge is 0.240 e. The van der Waals surface area contributed by atoms with E-state index in [9.17, 15) is 9.18 Å². The normalized spacial score (nSPS) is 11.6. The molecule has 0 bridgehead atoms. The number of carbonyl (C=O) groups is 1. The van der Waals surface area contributed by atoms with E-state index in [2.05, 4.69) is 16.3 Å². The second kappa shape index (κ2) is 10.6. The summed E-state index contributed by atoms with van der Waals surface area (Å²) in [6.07, 6.45) is 0.217. The number of anilines is 1. The molecule has 8 nitrogen and oxygen atoms in total. The van der Waals surface area contributed by atoms with E-state index in [0.717, 1.165) is 11.3 Å². The van der Waals surface area contributed by atoms with Gasteiger partial charge in [0.1, 0.15) is 18.2 Å². The number of nitrogen functional groups attached to an aromatic ring is 1. The molecule has 1 unspecified atom stereocenters. The summed E-state index contributed by atoms with van der Waals surface area (Å²) in [7, 11) is 0. The Kier molecular flexibility index (Phi) is 7.68. The number of nitrogens with two attached hydrogens (primary N) is 1. The van der Waals surface area contributed by atoms with E-state index in [4.69, 9.17) is 15.8 Å². The van der Waals surface area contributed by atoms with Gasteiger partial charge in [-0.3, -0.25) is 4.79 Å². The first-order valence-corrected chi connectivity index (χ1v) is 10.8. The van der Waals surface area contributed by atoms with Crippen LogP contribution in [0.4, 0.5) is 10.1 Å². The van der Waals surface area contributed by atoms with Crippen LogP contribution in [0.3, 0.4) is 0 Å². The number of hydrogen-bond acceptors (Lipinski definition) is 7. The first-order valence-electron chi connectivity index (χ1n) is 9.88. The molecular formula is C22H23FN6O2S. The summed E-state index contributed by atoms with van der Waals surface area (Å²) in [6, 6.07) is 15.2. The molecule has 0 aliphatic rings. The van der Waals surface area contributed by atoms with E-state index in [1.165, 1.54) is 40.7 Å². The molecule has 0 saturated carbocycles.